The predicted molar refractivity (Wildman–Crippen MR) is 142 cm³/mol. The SMILES string of the molecule is CCCC(Oc1cccc(/C(N)=N/O)c1)C(=O)Nc1ccc(N2CCCCC2=O)c(OCC(=O)OCC)c1. The molecule has 2 aromatic rings. The molecule has 0 aromatic heterocycles. The van der Waals surface area contributed by atoms with E-state index in [-0.39, 0.29) is 36.6 Å². The number of amidine groups is 1. The van der Waals surface area contributed by atoms with Crippen LogP contribution in [0.25, 0.3) is 0 Å². The predicted octanol–water partition coefficient (Wildman–Crippen LogP) is 3.43. The second kappa shape index (κ2) is 13.9. The number of rotatable bonds is 12. The van der Waals surface area contributed by atoms with E-state index in [1.165, 1.54) is 0 Å². The summed E-state index contributed by atoms with van der Waals surface area (Å²) in [5.74, 6) is -0.359. The van der Waals surface area contributed by atoms with Gasteiger partial charge in [0, 0.05) is 30.3 Å². The number of nitrogens with two attached hydrogens (primary N) is 1. The van der Waals surface area contributed by atoms with Gasteiger partial charge in [-0.05, 0) is 50.5 Å². The molecule has 0 bridgehead atoms. The molecule has 4 N–H and O–H groups in total. The van der Waals surface area contributed by atoms with E-state index in [2.05, 4.69) is 10.5 Å². The highest BCUT2D eigenvalue weighted by atomic mass is 16.6. The fraction of sp³-hybridized carbons (Fsp3) is 0.407. The Labute approximate surface area is 221 Å². The van der Waals surface area contributed by atoms with Crippen molar-refractivity contribution in [1.29, 1.82) is 0 Å². The molecule has 0 aliphatic carbocycles. The number of nitrogens with zero attached hydrogens (tertiary/aromatic N) is 2. The molecular formula is C27H34N4O7. The minimum atomic E-state index is -0.824. The maximum Gasteiger partial charge on any atom is 0.344 e. The molecule has 0 radical (unpaired) electrons. The third-order valence-electron chi connectivity index (χ3n) is 5.85. The maximum atomic E-state index is 13.2. The zero-order valence-corrected chi connectivity index (χ0v) is 21.6. The first kappa shape index (κ1) is 28.3. The molecule has 2 aromatic carbocycles. The van der Waals surface area contributed by atoms with E-state index in [1.807, 2.05) is 6.92 Å². The molecule has 0 saturated carbocycles. The fourth-order valence-electron chi connectivity index (χ4n) is 4.01. The van der Waals surface area contributed by atoms with Crippen LogP contribution in [0.15, 0.2) is 47.6 Å². The third kappa shape index (κ3) is 7.61. The molecule has 11 nitrogen and oxygen atoms in total. The molecule has 204 valence electrons. The summed E-state index contributed by atoms with van der Waals surface area (Å²) in [5.41, 5.74) is 7.05. The van der Waals surface area contributed by atoms with Crippen LogP contribution in [-0.4, -0.2) is 54.7 Å². The normalized spacial score (nSPS) is 14.5. The van der Waals surface area contributed by atoms with Crippen LogP contribution >= 0.6 is 0 Å². The highest BCUT2D eigenvalue weighted by Gasteiger charge is 2.25. The number of carbonyl (C=O) groups is 3. The summed E-state index contributed by atoms with van der Waals surface area (Å²) in [5, 5.41) is 14.8. The molecule has 1 heterocycles. The lowest BCUT2D eigenvalue weighted by Gasteiger charge is -2.28. The molecule has 1 saturated heterocycles. The minimum absolute atomic E-state index is 0.0282. The molecule has 11 heteroatoms. The van der Waals surface area contributed by atoms with Gasteiger partial charge in [0.05, 0.1) is 12.3 Å². The molecule has 1 fully saturated rings. The van der Waals surface area contributed by atoms with Crippen LogP contribution in [-0.2, 0) is 19.1 Å². The van der Waals surface area contributed by atoms with Gasteiger partial charge in [0.1, 0.15) is 11.5 Å². The van der Waals surface area contributed by atoms with Crippen molar-refractivity contribution in [2.45, 2.75) is 52.1 Å². The lowest BCUT2D eigenvalue weighted by Crippen LogP contribution is -2.35. The van der Waals surface area contributed by atoms with Crippen LogP contribution in [0.2, 0.25) is 0 Å². The first-order valence-electron chi connectivity index (χ1n) is 12.6. The van der Waals surface area contributed by atoms with E-state index >= 15 is 0 Å². The Morgan fingerprint density at radius 1 is 1.18 bits per heavy atom. The largest absolute Gasteiger partial charge is 0.481 e. The first-order valence-corrected chi connectivity index (χ1v) is 12.6. The van der Waals surface area contributed by atoms with Crippen LogP contribution < -0.4 is 25.4 Å². The van der Waals surface area contributed by atoms with Crippen molar-refractivity contribution in [2.24, 2.45) is 10.9 Å². The van der Waals surface area contributed by atoms with Gasteiger partial charge in [-0.25, -0.2) is 4.79 Å². The molecular weight excluding hydrogens is 492 g/mol. The van der Waals surface area contributed by atoms with Gasteiger partial charge in [-0.3, -0.25) is 9.59 Å². The molecule has 38 heavy (non-hydrogen) atoms. The average molecular weight is 527 g/mol. The summed E-state index contributed by atoms with van der Waals surface area (Å²) < 4.78 is 16.6. The van der Waals surface area contributed by atoms with Crippen molar-refractivity contribution in [3.8, 4) is 11.5 Å². The number of esters is 1. The van der Waals surface area contributed by atoms with Crippen molar-refractivity contribution in [1.82, 2.24) is 0 Å². The van der Waals surface area contributed by atoms with Crippen molar-refractivity contribution >= 4 is 35.0 Å². The van der Waals surface area contributed by atoms with Gasteiger partial charge in [0.25, 0.3) is 5.91 Å². The summed E-state index contributed by atoms with van der Waals surface area (Å²) in [6.45, 7) is 4.06. The molecule has 2 amide bonds. The Kier molecular flexibility index (Phi) is 10.3. The monoisotopic (exact) mass is 526 g/mol. The van der Waals surface area contributed by atoms with Crippen LogP contribution in [0.4, 0.5) is 11.4 Å². The summed E-state index contributed by atoms with van der Waals surface area (Å²) in [4.78, 5) is 39.3. The van der Waals surface area contributed by atoms with E-state index < -0.39 is 12.1 Å². The number of benzene rings is 2. The molecule has 3 rings (SSSR count). The number of amides is 2. The van der Waals surface area contributed by atoms with Crippen molar-refractivity contribution in [2.75, 3.05) is 30.0 Å². The molecule has 1 atom stereocenters. The summed E-state index contributed by atoms with van der Waals surface area (Å²) in [6.07, 6.45) is 2.41. The van der Waals surface area contributed by atoms with E-state index in [0.717, 1.165) is 12.8 Å². The Balaban J connectivity index is 1.81. The van der Waals surface area contributed by atoms with Gasteiger partial charge in [0.15, 0.2) is 18.5 Å². The second-order valence-corrected chi connectivity index (χ2v) is 8.68. The number of oxime groups is 1. The number of ether oxygens (including phenoxy) is 3. The molecule has 1 aliphatic heterocycles. The summed E-state index contributed by atoms with van der Waals surface area (Å²) in [6, 6.07) is 11.5. The average Bonchev–Trinajstić information content (AvgIpc) is 2.92. The van der Waals surface area contributed by atoms with Crippen LogP contribution in [0.5, 0.6) is 11.5 Å². The Morgan fingerprint density at radius 2 is 2.00 bits per heavy atom. The second-order valence-electron chi connectivity index (χ2n) is 8.68. The van der Waals surface area contributed by atoms with Gasteiger partial charge in [-0.15, -0.1) is 0 Å². The lowest BCUT2D eigenvalue weighted by molar-refractivity contribution is -0.145. The highest BCUT2D eigenvalue weighted by Crippen LogP contribution is 2.34. The Morgan fingerprint density at radius 3 is 2.71 bits per heavy atom. The topological polar surface area (TPSA) is 153 Å². The number of anilines is 2. The molecule has 0 spiro atoms. The number of nitrogens with one attached hydrogen (secondary N) is 1. The van der Waals surface area contributed by atoms with Gasteiger partial charge in [0.2, 0.25) is 5.91 Å². The quantitative estimate of drug-likeness (QED) is 0.125. The van der Waals surface area contributed by atoms with E-state index in [4.69, 9.17) is 25.2 Å². The Bertz CT molecular complexity index is 1170. The Hall–Kier alpha value is -4.28. The van der Waals surface area contributed by atoms with Crippen molar-refractivity contribution in [3.63, 3.8) is 0 Å². The third-order valence-corrected chi connectivity index (χ3v) is 5.85. The smallest absolute Gasteiger partial charge is 0.344 e. The zero-order chi connectivity index (χ0) is 27.5. The van der Waals surface area contributed by atoms with Crippen molar-refractivity contribution < 1.29 is 33.8 Å². The molecule has 1 unspecified atom stereocenters. The van der Waals surface area contributed by atoms with Crippen molar-refractivity contribution in [3.05, 3.63) is 48.0 Å². The van der Waals surface area contributed by atoms with Gasteiger partial charge < -0.3 is 35.4 Å². The van der Waals surface area contributed by atoms with Gasteiger partial charge >= 0.3 is 5.97 Å². The molecule has 1 aliphatic rings. The van der Waals surface area contributed by atoms with Gasteiger partial charge in [-0.1, -0.05) is 30.6 Å². The maximum absolute atomic E-state index is 13.2. The summed E-state index contributed by atoms with van der Waals surface area (Å²) in [7, 11) is 0. The number of hydrogen-bond donors (Lipinski definition) is 3. The van der Waals surface area contributed by atoms with E-state index in [9.17, 15) is 14.4 Å². The fourth-order valence-corrected chi connectivity index (χ4v) is 4.01. The zero-order valence-electron chi connectivity index (χ0n) is 21.6. The van der Waals surface area contributed by atoms with Gasteiger partial charge in [-0.2, -0.15) is 0 Å². The number of carbonyl (C=O) groups excluding carboxylic acids is 3. The van der Waals surface area contributed by atoms with E-state index in [0.29, 0.717) is 48.5 Å². The standard InChI is InChI=1S/C27H34N4O7/c1-3-8-22(38-20-10-7-9-18(15-20)26(28)30-35)27(34)29-19-12-13-21(31-14-6-5-11-24(31)32)23(16-19)37-17-25(33)36-4-2/h7,9-10,12-13,15-16,22,35H,3-6,8,11,14,17H2,1-2H3,(H2,28,30)(H,29,34). The minimum Gasteiger partial charge on any atom is -0.481 e. The van der Waals surface area contributed by atoms with Crippen LogP contribution in [0.1, 0.15) is 51.5 Å². The number of piperidine rings is 1. The lowest BCUT2D eigenvalue weighted by atomic mass is 10.1. The van der Waals surface area contributed by atoms with Crippen LogP contribution in [0, 0.1) is 0 Å². The summed E-state index contributed by atoms with van der Waals surface area (Å²) >= 11 is 0. The van der Waals surface area contributed by atoms with E-state index in [1.54, 1.807) is 54.3 Å². The highest BCUT2D eigenvalue weighted by molar-refractivity contribution is 5.98. The van der Waals surface area contributed by atoms with Crippen LogP contribution in [0.3, 0.4) is 0 Å². The first-order chi connectivity index (χ1) is 18.4. The number of hydrogen-bond acceptors (Lipinski definition) is 8.